The summed E-state index contributed by atoms with van der Waals surface area (Å²) in [6, 6.07) is 2.19. The van der Waals surface area contributed by atoms with E-state index in [1.807, 2.05) is 0 Å². The summed E-state index contributed by atoms with van der Waals surface area (Å²) >= 11 is 0. The van der Waals surface area contributed by atoms with Gasteiger partial charge in [-0.15, -0.1) is 0 Å². The highest BCUT2D eigenvalue weighted by Gasteiger charge is 2.31. The Morgan fingerprint density at radius 3 is 2.50 bits per heavy atom. The van der Waals surface area contributed by atoms with Gasteiger partial charge in [-0.05, 0) is 13.8 Å². The first-order valence-electron chi connectivity index (χ1n) is 4.97. The smallest absolute Gasteiger partial charge is 0.0349 e. The fourth-order valence-electron chi connectivity index (χ4n) is 2.07. The van der Waals surface area contributed by atoms with Crippen molar-refractivity contribution in [3.63, 3.8) is 0 Å². The van der Waals surface area contributed by atoms with E-state index in [1.54, 1.807) is 0 Å². The Morgan fingerprint density at radius 1 is 1.17 bits per heavy atom. The van der Waals surface area contributed by atoms with Crippen LogP contribution in [-0.2, 0) is 0 Å². The zero-order valence-corrected chi connectivity index (χ0v) is 8.01. The number of nitrogens with zero attached hydrogens (tertiary/aromatic N) is 1. The third-order valence-electron chi connectivity index (χ3n) is 3.04. The molecule has 2 aliphatic heterocycles. The van der Waals surface area contributed by atoms with E-state index in [2.05, 4.69) is 29.4 Å². The van der Waals surface area contributed by atoms with Crippen LogP contribution in [0.4, 0.5) is 0 Å². The van der Waals surface area contributed by atoms with Crippen LogP contribution in [-0.4, -0.2) is 49.2 Å². The average molecular weight is 169 g/mol. The molecular formula is C9H19N3. The lowest BCUT2D eigenvalue weighted by atomic mass is 10.0. The molecule has 2 rings (SSSR count). The third kappa shape index (κ3) is 1.49. The van der Waals surface area contributed by atoms with Crippen LogP contribution in [0.3, 0.4) is 0 Å². The fraction of sp³-hybridized carbons (Fsp3) is 1.00. The Morgan fingerprint density at radius 2 is 1.92 bits per heavy atom. The highest BCUT2D eigenvalue weighted by atomic mass is 15.3. The highest BCUT2D eigenvalue weighted by Crippen LogP contribution is 2.13. The molecule has 0 radical (unpaired) electrons. The van der Waals surface area contributed by atoms with E-state index in [9.17, 15) is 0 Å². The largest absolute Gasteiger partial charge is 0.314 e. The van der Waals surface area contributed by atoms with Crippen molar-refractivity contribution in [1.29, 1.82) is 0 Å². The molecule has 0 aromatic heterocycles. The van der Waals surface area contributed by atoms with Crippen molar-refractivity contribution in [1.82, 2.24) is 15.5 Å². The van der Waals surface area contributed by atoms with Crippen LogP contribution in [0.25, 0.3) is 0 Å². The van der Waals surface area contributed by atoms with Gasteiger partial charge in [0.2, 0.25) is 0 Å². The molecule has 3 heteroatoms. The second kappa shape index (κ2) is 3.32. The summed E-state index contributed by atoms with van der Waals surface area (Å²) in [6.45, 7) is 9.33. The Bertz CT molecular complexity index is 154. The average Bonchev–Trinajstić information content (AvgIpc) is 1.93. The number of piperazine rings is 1. The van der Waals surface area contributed by atoms with Gasteiger partial charge in [0.05, 0.1) is 0 Å². The molecule has 2 atom stereocenters. The summed E-state index contributed by atoms with van der Waals surface area (Å²) in [6.07, 6.45) is 0. The van der Waals surface area contributed by atoms with Gasteiger partial charge in [-0.2, -0.15) is 0 Å². The van der Waals surface area contributed by atoms with Crippen LogP contribution in [0.15, 0.2) is 0 Å². The van der Waals surface area contributed by atoms with E-state index < -0.39 is 0 Å². The maximum atomic E-state index is 3.50. The summed E-state index contributed by atoms with van der Waals surface area (Å²) in [5.41, 5.74) is 0. The van der Waals surface area contributed by atoms with Crippen molar-refractivity contribution in [3.05, 3.63) is 0 Å². The van der Waals surface area contributed by atoms with E-state index >= 15 is 0 Å². The lowest BCUT2D eigenvalue weighted by Gasteiger charge is -2.46. The molecule has 2 saturated heterocycles. The molecule has 0 amide bonds. The molecule has 0 aliphatic carbocycles. The summed E-state index contributed by atoms with van der Waals surface area (Å²) in [7, 11) is 0. The Labute approximate surface area is 74.5 Å². The van der Waals surface area contributed by atoms with Crippen molar-refractivity contribution in [2.75, 3.05) is 26.2 Å². The summed E-state index contributed by atoms with van der Waals surface area (Å²) in [5, 5.41) is 6.83. The van der Waals surface area contributed by atoms with Gasteiger partial charge >= 0.3 is 0 Å². The van der Waals surface area contributed by atoms with Crippen molar-refractivity contribution in [2.45, 2.75) is 32.0 Å². The first-order valence-corrected chi connectivity index (χ1v) is 4.97. The minimum Gasteiger partial charge on any atom is -0.314 e. The molecule has 3 nitrogen and oxygen atoms in total. The monoisotopic (exact) mass is 169 g/mol. The normalized spacial score (nSPS) is 39.5. The van der Waals surface area contributed by atoms with Gasteiger partial charge in [0.25, 0.3) is 0 Å². The number of hydrogen-bond acceptors (Lipinski definition) is 3. The van der Waals surface area contributed by atoms with Crippen molar-refractivity contribution < 1.29 is 0 Å². The van der Waals surface area contributed by atoms with Gasteiger partial charge in [-0.3, -0.25) is 4.90 Å². The maximum Gasteiger partial charge on any atom is 0.0349 e. The van der Waals surface area contributed by atoms with Gasteiger partial charge in [0.1, 0.15) is 0 Å². The zero-order valence-electron chi connectivity index (χ0n) is 8.01. The van der Waals surface area contributed by atoms with Crippen molar-refractivity contribution in [3.8, 4) is 0 Å². The molecule has 2 fully saturated rings. The van der Waals surface area contributed by atoms with E-state index in [0.29, 0.717) is 12.1 Å². The fourth-order valence-corrected chi connectivity index (χ4v) is 2.07. The van der Waals surface area contributed by atoms with E-state index in [1.165, 1.54) is 19.6 Å². The predicted octanol–water partition coefficient (Wildman–Crippen LogP) is -0.360. The number of hydrogen-bond donors (Lipinski definition) is 2. The summed E-state index contributed by atoms with van der Waals surface area (Å²) < 4.78 is 0. The molecule has 2 aliphatic rings. The standard InChI is InChI=1S/C9H19N3/c1-7-6-12(8(2)3-11-7)9-4-10-5-9/h7-11H,3-6H2,1-2H3. The van der Waals surface area contributed by atoms with Crippen LogP contribution < -0.4 is 10.6 Å². The van der Waals surface area contributed by atoms with E-state index in [0.717, 1.165) is 12.6 Å². The minimum atomic E-state index is 0.668. The van der Waals surface area contributed by atoms with Gasteiger partial charge in [0.15, 0.2) is 0 Å². The maximum absolute atomic E-state index is 3.50. The minimum absolute atomic E-state index is 0.668. The van der Waals surface area contributed by atoms with Crippen LogP contribution >= 0.6 is 0 Å². The molecule has 12 heavy (non-hydrogen) atoms. The molecule has 0 aromatic rings. The SMILES string of the molecule is CC1CN(C2CNC2)C(C)CN1. The Hall–Kier alpha value is -0.120. The molecule has 2 heterocycles. The van der Waals surface area contributed by atoms with Crippen LogP contribution in [0.5, 0.6) is 0 Å². The molecule has 0 saturated carbocycles. The summed E-state index contributed by atoms with van der Waals surface area (Å²) in [5.74, 6) is 0. The van der Waals surface area contributed by atoms with Crippen LogP contribution in [0, 0.1) is 0 Å². The first kappa shape index (κ1) is 8.48. The Kier molecular flexibility index (Phi) is 2.35. The van der Waals surface area contributed by atoms with Crippen LogP contribution in [0.1, 0.15) is 13.8 Å². The molecule has 2 N–H and O–H groups in total. The highest BCUT2D eigenvalue weighted by molar-refractivity contribution is 4.92. The quantitative estimate of drug-likeness (QED) is 0.561. The van der Waals surface area contributed by atoms with Crippen molar-refractivity contribution >= 4 is 0 Å². The predicted molar refractivity (Wildman–Crippen MR) is 50.3 cm³/mol. The van der Waals surface area contributed by atoms with E-state index in [-0.39, 0.29) is 0 Å². The zero-order chi connectivity index (χ0) is 8.55. The van der Waals surface area contributed by atoms with Gasteiger partial charge in [0, 0.05) is 44.3 Å². The second-order valence-electron chi connectivity index (χ2n) is 4.17. The molecule has 70 valence electrons. The van der Waals surface area contributed by atoms with Gasteiger partial charge < -0.3 is 10.6 Å². The molecular weight excluding hydrogens is 150 g/mol. The molecule has 0 bridgehead atoms. The first-order chi connectivity index (χ1) is 5.77. The number of nitrogens with one attached hydrogen (secondary N) is 2. The second-order valence-corrected chi connectivity index (χ2v) is 4.17. The molecule has 0 aromatic carbocycles. The van der Waals surface area contributed by atoms with Crippen molar-refractivity contribution in [2.24, 2.45) is 0 Å². The summed E-state index contributed by atoms with van der Waals surface area (Å²) in [4.78, 5) is 2.64. The van der Waals surface area contributed by atoms with Gasteiger partial charge in [-0.25, -0.2) is 0 Å². The van der Waals surface area contributed by atoms with Gasteiger partial charge in [-0.1, -0.05) is 0 Å². The van der Waals surface area contributed by atoms with Crippen LogP contribution in [0.2, 0.25) is 0 Å². The number of rotatable bonds is 1. The molecule has 2 unspecified atom stereocenters. The van der Waals surface area contributed by atoms with E-state index in [4.69, 9.17) is 0 Å². The topological polar surface area (TPSA) is 27.3 Å². The lowest BCUT2D eigenvalue weighted by Crippen LogP contribution is -2.65. The third-order valence-corrected chi connectivity index (χ3v) is 3.04. The Balaban J connectivity index is 1.91. The molecule has 0 spiro atoms. The lowest BCUT2D eigenvalue weighted by molar-refractivity contribution is 0.0664.